The molecule has 24 heavy (non-hydrogen) atoms. The van der Waals surface area contributed by atoms with E-state index in [2.05, 4.69) is 10.6 Å². The summed E-state index contributed by atoms with van der Waals surface area (Å²) in [6, 6.07) is 13.2. The molecule has 0 unspecified atom stereocenters. The number of nitrogens with zero attached hydrogens (tertiary/aromatic N) is 1. The number of nitrogens with one attached hydrogen (secondary N) is 2. The second-order valence-corrected chi connectivity index (χ2v) is 6.36. The number of carbonyl (C=O) groups excluding carboxylic acids is 2. The molecule has 2 N–H and O–H groups in total. The number of thioether (sulfide) groups is 1. The summed E-state index contributed by atoms with van der Waals surface area (Å²) < 4.78 is 0. The van der Waals surface area contributed by atoms with E-state index in [0.717, 1.165) is 10.6 Å². The maximum Gasteiger partial charge on any atom is 0.292 e. The van der Waals surface area contributed by atoms with Gasteiger partial charge in [-0.25, -0.2) is 0 Å². The molecule has 1 heterocycles. The predicted octanol–water partition coefficient (Wildman–Crippen LogP) is 3.04. The molecule has 3 rings (SSSR count). The van der Waals surface area contributed by atoms with E-state index in [1.54, 1.807) is 12.1 Å². The number of carbonyl (C=O) groups is 2. The van der Waals surface area contributed by atoms with Crippen LogP contribution < -0.4 is 10.6 Å². The van der Waals surface area contributed by atoms with Crippen molar-refractivity contribution in [2.75, 3.05) is 10.6 Å². The molecular formula is C16H13N3O4S. The summed E-state index contributed by atoms with van der Waals surface area (Å²) in [7, 11) is 0. The first-order valence-corrected chi connectivity index (χ1v) is 8.02. The lowest BCUT2D eigenvalue weighted by molar-refractivity contribution is -0.383. The third-order valence-corrected chi connectivity index (χ3v) is 4.73. The largest absolute Gasteiger partial charge is 0.324 e. The van der Waals surface area contributed by atoms with Crippen LogP contribution in [0.4, 0.5) is 17.1 Å². The first kappa shape index (κ1) is 16.0. The maximum absolute atomic E-state index is 12.2. The topological polar surface area (TPSA) is 101 Å². The fraction of sp³-hybridized carbons (Fsp3) is 0.125. The van der Waals surface area contributed by atoms with E-state index in [1.807, 2.05) is 18.2 Å². The van der Waals surface area contributed by atoms with Gasteiger partial charge in [0.1, 0.15) is 5.69 Å². The number of para-hydroxylation sites is 3. The van der Waals surface area contributed by atoms with Crippen LogP contribution in [0.2, 0.25) is 0 Å². The zero-order valence-electron chi connectivity index (χ0n) is 12.4. The van der Waals surface area contributed by atoms with Crippen molar-refractivity contribution in [3.05, 3.63) is 58.6 Å². The summed E-state index contributed by atoms with van der Waals surface area (Å²) in [5, 5.41) is 15.7. The smallest absolute Gasteiger partial charge is 0.292 e. The molecule has 2 amide bonds. The number of nitro groups is 1. The fourth-order valence-electron chi connectivity index (χ4n) is 2.34. The van der Waals surface area contributed by atoms with Gasteiger partial charge >= 0.3 is 0 Å². The Morgan fingerprint density at radius 2 is 1.92 bits per heavy atom. The molecular weight excluding hydrogens is 330 g/mol. The van der Waals surface area contributed by atoms with E-state index < -0.39 is 16.1 Å². The minimum Gasteiger partial charge on any atom is -0.324 e. The standard InChI is InChI=1S/C16H13N3O4S/c20-15(17-10-5-1-3-7-12(10)19(22)23)9-14-16(21)18-11-6-2-4-8-13(11)24-14/h1-8,14H,9H2,(H,17,20)(H,18,21)/t14-/m0/s1. The zero-order chi connectivity index (χ0) is 17.1. The fourth-order valence-corrected chi connectivity index (χ4v) is 3.45. The van der Waals surface area contributed by atoms with Gasteiger partial charge in [0.25, 0.3) is 5.69 Å². The first-order chi connectivity index (χ1) is 11.5. The van der Waals surface area contributed by atoms with Gasteiger partial charge in [-0.05, 0) is 18.2 Å². The van der Waals surface area contributed by atoms with Crippen LogP contribution in [-0.2, 0) is 9.59 Å². The molecule has 0 aromatic heterocycles. The first-order valence-electron chi connectivity index (χ1n) is 7.14. The van der Waals surface area contributed by atoms with Gasteiger partial charge in [0, 0.05) is 17.4 Å². The average molecular weight is 343 g/mol. The molecule has 122 valence electrons. The Labute approximate surface area is 141 Å². The number of anilines is 2. The maximum atomic E-state index is 12.2. The molecule has 2 aromatic carbocycles. The Balaban J connectivity index is 1.70. The van der Waals surface area contributed by atoms with E-state index in [-0.39, 0.29) is 23.7 Å². The highest BCUT2D eigenvalue weighted by molar-refractivity contribution is 8.01. The van der Waals surface area contributed by atoms with Gasteiger partial charge in [-0.3, -0.25) is 19.7 Å². The van der Waals surface area contributed by atoms with Gasteiger partial charge in [-0.2, -0.15) is 0 Å². The lowest BCUT2D eigenvalue weighted by atomic mass is 10.2. The minimum absolute atomic E-state index is 0.0725. The molecule has 1 aliphatic rings. The number of amides is 2. The van der Waals surface area contributed by atoms with Crippen molar-refractivity contribution in [1.29, 1.82) is 0 Å². The van der Waals surface area contributed by atoms with Crippen LogP contribution in [0.15, 0.2) is 53.4 Å². The van der Waals surface area contributed by atoms with Gasteiger partial charge in [0.05, 0.1) is 15.9 Å². The summed E-state index contributed by atoms with van der Waals surface area (Å²) in [5.74, 6) is -0.701. The minimum atomic E-state index is -0.581. The van der Waals surface area contributed by atoms with Crippen LogP contribution >= 0.6 is 11.8 Å². The monoisotopic (exact) mass is 343 g/mol. The highest BCUT2D eigenvalue weighted by Gasteiger charge is 2.29. The third-order valence-electron chi connectivity index (χ3n) is 3.45. The molecule has 0 radical (unpaired) electrons. The van der Waals surface area contributed by atoms with Gasteiger partial charge in [-0.1, -0.05) is 24.3 Å². The number of rotatable bonds is 4. The molecule has 8 heteroatoms. The van der Waals surface area contributed by atoms with Crippen LogP contribution in [0.5, 0.6) is 0 Å². The summed E-state index contributed by atoms with van der Waals surface area (Å²) in [4.78, 5) is 35.6. The van der Waals surface area contributed by atoms with E-state index in [1.165, 1.54) is 30.0 Å². The van der Waals surface area contributed by atoms with Crippen molar-refractivity contribution in [1.82, 2.24) is 0 Å². The van der Waals surface area contributed by atoms with E-state index in [4.69, 9.17) is 0 Å². The molecule has 0 saturated heterocycles. The van der Waals surface area contributed by atoms with Gasteiger partial charge < -0.3 is 10.6 Å². The predicted molar refractivity (Wildman–Crippen MR) is 91.1 cm³/mol. The SMILES string of the molecule is O=C(C[C@@H]1Sc2ccccc2NC1=O)Nc1ccccc1[N+](=O)[O-]. The lowest BCUT2D eigenvalue weighted by Gasteiger charge is -2.23. The number of hydrogen-bond donors (Lipinski definition) is 2. The lowest BCUT2D eigenvalue weighted by Crippen LogP contribution is -2.32. The molecule has 0 spiro atoms. The second-order valence-electron chi connectivity index (χ2n) is 5.12. The van der Waals surface area contributed by atoms with Crippen LogP contribution in [0.25, 0.3) is 0 Å². The van der Waals surface area contributed by atoms with Crippen molar-refractivity contribution in [2.24, 2.45) is 0 Å². The van der Waals surface area contributed by atoms with Crippen molar-refractivity contribution in [2.45, 2.75) is 16.6 Å². The zero-order valence-corrected chi connectivity index (χ0v) is 13.2. The van der Waals surface area contributed by atoms with Crippen molar-refractivity contribution >= 4 is 40.6 Å². The van der Waals surface area contributed by atoms with Crippen LogP contribution in [0, 0.1) is 10.1 Å². The van der Waals surface area contributed by atoms with E-state index >= 15 is 0 Å². The summed E-state index contributed by atoms with van der Waals surface area (Å²) in [6.45, 7) is 0. The molecule has 1 aliphatic heterocycles. The number of fused-ring (bicyclic) bond motifs is 1. The Hall–Kier alpha value is -2.87. The van der Waals surface area contributed by atoms with Crippen molar-refractivity contribution < 1.29 is 14.5 Å². The summed E-state index contributed by atoms with van der Waals surface area (Å²) in [6.07, 6.45) is -0.0725. The van der Waals surface area contributed by atoms with Crippen LogP contribution in [0.1, 0.15) is 6.42 Å². The molecule has 2 aromatic rings. The Kier molecular flexibility index (Phi) is 4.48. The van der Waals surface area contributed by atoms with Crippen LogP contribution in [-0.4, -0.2) is 22.0 Å². The summed E-state index contributed by atoms with van der Waals surface area (Å²) in [5.41, 5.74) is 0.661. The van der Waals surface area contributed by atoms with Gasteiger partial charge in [-0.15, -0.1) is 11.8 Å². The Bertz CT molecular complexity index is 824. The van der Waals surface area contributed by atoms with Crippen LogP contribution in [0.3, 0.4) is 0 Å². The molecule has 7 nitrogen and oxygen atoms in total. The molecule has 1 atom stereocenters. The molecule has 0 bridgehead atoms. The summed E-state index contributed by atoms with van der Waals surface area (Å²) >= 11 is 1.31. The number of hydrogen-bond acceptors (Lipinski definition) is 5. The molecule has 0 aliphatic carbocycles. The highest BCUT2D eigenvalue weighted by atomic mass is 32.2. The molecule has 0 saturated carbocycles. The van der Waals surface area contributed by atoms with E-state index in [0.29, 0.717) is 0 Å². The Morgan fingerprint density at radius 3 is 2.71 bits per heavy atom. The second kappa shape index (κ2) is 6.71. The van der Waals surface area contributed by atoms with Crippen molar-refractivity contribution in [3.8, 4) is 0 Å². The quantitative estimate of drug-likeness (QED) is 0.656. The molecule has 0 fully saturated rings. The van der Waals surface area contributed by atoms with Crippen molar-refractivity contribution in [3.63, 3.8) is 0 Å². The third kappa shape index (κ3) is 3.38. The van der Waals surface area contributed by atoms with Gasteiger partial charge in [0.15, 0.2) is 0 Å². The average Bonchev–Trinajstić information content (AvgIpc) is 2.55. The Morgan fingerprint density at radius 1 is 1.21 bits per heavy atom. The van der Waals surface area contributed by atoms with E-state index in [9.17, 15) is 19.7 Å². The number of nitro benzene ring substituents is 1. The van der Waals surface area contributed by atoms with Gasteiger partial charge in [0.2, 0.25) is 11.8 Å². The number of benzene rings is 2. The highest BCUT2D eigenvalue weighted by Crippen LogP contribution is 2.36. The normalized spacial score (nSPS) is 16.0.